The van der Waals surface area contributed by atoms with Crippen molar-refractivity contribution >= 4 is 18.3 Å². The van der Waals surface area contributed by atoms with Crippen LogP contribution in [0.25, 0.3) is 0 Å². The number of nitrogens with zero attached hydrogens (tertiary/aromatic N) is 1. The van der Waals surface area contributed by atoms with Crippen molar-refractivity contribution in [2.75, 3.05) is 19.6 Å². The lowest BCUT2D eigenvalue weighted by Gasteiger charge is -2.34. The van der Waals surface area contributed by atoms with Gasteiger partial charge in [-0.3, -0.25) is 14.2 Å². The molecule has 118 valence electrons. The van der Waals surface area contributed by atoms with E-state index in [9.17, 15) is 14.4 Å². The van der Waals surface area contributed by atoms with Crippen LogP contribution in [0.3, 0.4) is 0 Å². The Bertz CT molecular complexity index is 617. The number of aromatic nitrogens is 2. The average molecular weight is 317 g/mol. The van der Waals surface area contributed by atoms with Crippen LogP contribution in [-0.4, -0.2) is 35.1 Å². The molecule has 1 aliphatic heterocycles. The van der Waals surface area contributed by atoms with Crippen molar-refractivity contribution < 1.29 is 4.79 Å². The lowest BCUT2D eigenvalue weighted by molar-refractivity contribution is 0.0919. The molecule has 1 saturated heterocycles. The topological polar surface area (TPSA) is 96.0 Å². The Morgan fingerprint density at radius 1 is 1.38 bits per heavy atom. The minimum absolute atomic E-state index is 0. The first kappa shape index (κ1) is 17.5. The molecule has 7 nitrogen and oxygen atoms in total. The highest BCUT2D eigenvalue weighted by molar-refractivity contribution is 5.93. The first-order chi connectivity index (χ1) is 9.43. The third kappa shape index (κ3) is 3.95. The van der Waals surface area contributed by atoms with Gasteiger partial charge in [-0.1, -0.05) is 6.92 Å². The summed E-state index contributed by atoms with van der Waals surface area (Å²) < 4.78 is 0.890. The van der Waals surface area contributed by atoms with Crippen LogP contribution in [0.15, 0.2) is 15.8 Å². The number of nitrogens with one attached hydrogen (secondary N) is 3. The summed E-state index contributed by atoms with van der Waals surface area (Å²) in [5.74, 6) is -0.443. The van der Waals surface area contributed by atoms with Gasteiger partial charge in [-0.25, -0.2) is 4.79 Å². The van der Waals surface area contributed by atoms with Gasteiger partial charge >= 0.3 is 5.69 Å². The Morgan fingerprint density at radius 3 is 2.62 bits per heavy atom. The second-order valence-corrected chi connectivity index (χ2v) is 5.62. The number of halogens is 1. The van der Waals surface area contributed by atoms with E-state index >= 15 is 0 Å². The number of carbonyl (C=O) groups excluding carboxylic acids is 1. The zero-order valence-corrected chi connectivity index (χ0v) is 13.0. The van der Waals surface area contributed by atoms with E-state index in [1.54, 1.807) is 0 Å². The molecular formula is C13H21ClN4O3. The summed E-state index contributed by atoms with van der Waals surface area (Å²) >= 11 is 0. The number of rotatable bonds is 3. The van der Waals surface area contributed by atoms with Crippen LogP contribution in [-0.2, 0) is 7.05 Å². The molecule has 2 heterocycles. The van der Waals surface area contributed by atoms with Crippen LogP contribution >= 0.6 is 12.4 Å². The number of piperidine rings is 1. The van der Waals surface area contributed by atoms with Crippen LogP contribution < -0.4 is 21.9 Å². The van der Waals surface area contributed by atoms with Crippen LogP contribution in [0.4, 0.5) is 0 Å². The fourth-order valence-corrected chi connectivity index (χ4v) is 2.32. The van der Waals surface area contributed by atoms with Crippen molar-refractivity contribution in [2.45, 2.75) is 19.8 Å². The standard InChI is InChI=1S/C13H20N4O3.ClH/c1-13(3-5-14-6-4-13)8-16-10(18)9-7-15-12(20)17(2)11(9)19;/h7,14H,3-6,8H2,1-2H3,(H,15,20)(H,16,18);1H. The first-order valence-corrected chi connectivity index (χ1v) is 6.71. The molecule has 0 spiro atoms. The quantitative estimate of drug-likeness (QED) is 0.708. The summed E-state index contributed by atoms with van der Waals surface area (Å²) in [5, 5.41) is 6.07. The van der Waals surface area contributed by atoms with E-state index in [4.69, 9.17) is 0 Å². The van der Waals surface area contributed by atoms with E-state index < -0.39 is 17.2 Å². The van der Waals surface area contributed by atoms with Crippen LogP contribution in [0.2, 0.25) is 0 Å². The van der Waals surface area contributed by atoms with E-state index in [0.29, 0.717) is 6.54 Å². The summed E-state index contributed by atoms with van der Waals surface area (Å²) in [6, 6.07) is 0. The van der Waals surface area contributed by atoms with Gasteiger partial charge in [0, 0.05) is 19.8 Å². The van der Waals surface area contributed by atoms with Gasteiger partial charge in [0.1, 0.15) is 5.56 Å². The highest BCUT2D eigenvalue weighted by atomic mass is 35.5. The molecule has 0 atom stereocenters. The summed E-state index contributed by atoms with van der Waals surface area (Å²) in [4.78, 5) is 37.5. The smallest absolute Gasteiger partial charge is 0.328 e. The van der Waals surface area contributed by atoms with Gasteiger partial charge < -0.3 is 15.6 Å². The molecule has 1 aromatic rings. The molecule has 8 heteroatoms. The summed E-state index contributed by atoms with van der Waals surface area (Å²) in [5.41, 5.74) is -1.10. The van der Waals surface area contributed by atoms with E-state index in [2.05, 4.69) is 22.5 Å². The molecule has 0 aliphatic carbocycles. The maximum Gasteiger partial charge on any atom is 0.328 e. The SMILES string of the molecule is Cl.Cn1c(=O)[nH]cc(C(=O)NCC2(C)CCNCC2)c1=O. The highest BCUT2D eigenvalue weighted by Gasteiger charge is 2.27. The normalized spacial score (nSPS) is 16.9. The lowest BCUT2D eigenvalue weighted by Crippen LogP contribution is -2.45. The van der Waals surface area contributed by atoms with Crippen LogP contribution in [0, 0.1) is 5.41 Å². The Hall–Kier alpha value is -1.60. The summed E-state index contributed by atoms with van der Waals surface area (Å²) in [7, 11) is 1.34. The largest absolute Gasteiger partial charge is 0.351 e. The van der Waals surface area contributed by atoms with Crippen molar-refractivity contribution in [3.63, 3.8) is 0 Å². The monoisotopic (exact) mass is 316 g/mol. The van der Waals surface area contributed by atoms with Crippen molar-refractivity contribution in [1.82, 2.24) is 20.2 Å². The number of aromatic amines is 1. The van der Waals surface area contributed by atoms with Gasteiger partial charge in [0.05, 0.1) is 0 Å². The molecule has 21 heavy (non-hydrogen) atoms. The maximum atomic E-state index is 12.1. The minimum Gasteiger partial charge on any atom is -0.351 e. The van der Waals surface area contributed by atoms with Gasteiger partial charge in [-0.15, -0.1) is 12.4 Å². The van der Waals surface area contributed by atoms with E-state index in [1.807, 2.05) is 0 Å². The Labute approximate surface area is 128 Å². The van der Waals surface area contributed by atoms with Crippen molar-refractivity contribution in [2.24, 2.45) is 12.5 Å². The summed E-state index contributed by atoms with van der Waals surface area (Å²) in [6.45, 7) is 4.52. The first-order valence-electron chi connectivity index (χ1n) is 6.71. The second-order valence-electron chi connectivity index (χ2n) is 5.62. The molecule has 1 fully saturated rings. The van der Waals surface area contributed by atoms with Gasteiger partial charge in [0.15, 0.2) is 0 Å². The fourth-order valence-electron chi connectivity index (χ4n) is 2.32. The molecule has 0 unspecified atom stereocenters. The zero-order valence-electron chi connectivity index (χ0n) is 12.2. The number of carbonyl (C=O) groups is 1. The van der Waals surface area contributed by atoms with Crippen molar-refractivity contribution in [3.05, 3.63) is 32.6 Å². The molecule has 0 bridgehead atoms. The third-order valence-corrected chi connectivity index (χ3v) is 3.91. The molecule has 0 saturated carbocycles. The predicted octanol–water partition coefficient (Wildman–Crippen LogP) is -0.385. The fraction of sp³-hybridized carbons (Fsp3) is 0.615. The van der Waals surface area contributed by atoms with E-state index in [1.165, 1.54) is 13.2 Å². The third-order valence-electron chi connectivity index (χ3n) is 3.91. The van der Waals surface area contributed by atoms with Gasteiger partial charge in [-0.05, 0) is 31.3 Å². The molecule has 0 aromatic carbocycles. The number of amides is 1. The Balaban J connectivity index is 0.00000220. The Kier molecular flexibility index (Phi) is 5.74. The molecule has 1 aromatic heterocycles. The molecule has 0 radical (unpaired) electrons. The zero-order chi connectivity index (χ0) is 14.8. The van der Waals surface area contributed by atoms with Gasteiger partial charge in [-0.2, -0.15) is 0 Å². The second kappa shape index (κ2) is 6.91. The molecule has 3 N–H and O–H groups in total. The van der Waals surface area contributed by atoms with Crippen LogP contribution in [0.5, 0.6) is 0 Å². The van der Waals surface area contributed by atoms with E-state index in [0.717, 1.165) is 30.5 Å². The van der Waals surface area contributed by atoms with Crippen LogP contribution in [0.1, 0.15) is 30.1 Å². The molecule has 1 aliphatic rings. The Morgan fingerprint density at radius 2 is 2.00 bits per heavy atom. The van der Waals surface area contributed by atoms with Crippen molar-refractivity contribution in [1.29, 1.82) is 0 Å². The number of hydrogen-bond donors (Lipinski definition) is 3. The highest BCUT2D eigenvalue weighted by Crippen LogP contribution is 2.26. The van der Waals surface area contributed by atoms with Crippen molar-refractivity contribution in [3.8, 4) is 0 Å². The molecular weight excluding hydrogens is 296 g/mol. The number of hydrogen-bond acceptors (Lipinski definition) is 4. The van der Waals surface area contributed by atoms with E-state index in [-0.39, 0.29) is 23.4 Å². The predicted molar refractivity (Wildman–Crippen MR) is 82.1 cm³/mol. The molecule has 1 amide bonds. The molecule has 2 rings (SSSR count). The minimum atomic E-state index is -0.582. The average Bonchev–Trinajstić information content (AvgIpc) is 2.43. The maximum absolute atomic E-state index is 12.1. The summed E-state index contributed by atoms with van der Waals surface area (Å²) in [6.07, 6.45) is 3.14. The van der Waals surface area contributed by atoms with Gasteiger partial charge in [0.2, 0.25) is 0 Å². The lowest BCUT2D eigenvalue weighted by atomic mass is 9.81. The van der Waals surface area contributed by atoms with Gasteiger partial charge in [0.25, 0.3) is 11.5 Å². The number of H-pyrrole nitrogens is 1.